The lowest BCUT2D eigenvalue weighted by Crippen LogP contribution is -2.26. The molecule has 0 spiro atoms. The number of hydrogen-bond donors (Lipinski definition) is 3. The molecular formula is C11H15N7. The van der Waals surface area contributed by atoms with Crippen molar-refractivity contribution < 1.29 is 0 Å². The molecule has 0 atom stereocenters. The normalized spacial score (nSPS) is 11.8. The van der Waals surface area contributed by atoms with Crippen molar-refractivity contribution in [1.82, 2.24) is 9.78 Å². The van der Waals surface area contributed by atoms with Gasteiger partial charge >= 0.3 is 0 Å². The molecular weight excluding hydrogens is 230 g/mol. The first-order valence-electron chi connectivity index (χ1n) is 5.34. The monoisotopic (exact) mass is 245 g/mol. The molecule has 18 heavy (non-hydrogen) atoms. The summed E-state index contributed by atoms with van der Waals surface area (Å²) in [5, 5.41) is 5.38. The maximum atomic E-state index is 5.58. The Hall–Kier alpha value is -2.57. The minimum atomic E-state index is -0.116. The van der Waals surface area contributed by atoms with Gasteiger partial charge in [0, 0.05) is 18.1 Å². The van der Waals surface area contributed by atoms with E-state index in [1.165, 1.54) is 0 Å². The molecule has 7 heteroatoms. The van der Waals surface area contributed by atoms with Crippen LogP contribution in [0.3, 0.4) is 0 Å². The molecule has 2 aromatic rings. The van der Waals surface area contributed by atoms with Crippen LogP contribution in [0.5, 0.6) is 0 Å². The molecule has 0 radical (unpaired) electrons. The largest absolute Gasteiger partial charge is 0.370 e. The topological polar surface area (TPSA) is 121 Å². The van der Waals surface area contributed by atoms with Gasteiger partial charge in [-0.15, -0.1) is 0 Å². The summed E-state index contributed by atoms with van der Waals surface area (Å²) >= 11 is 0. The number of aromatic nitrogens is 2. The number of hydrogen-bond acceptors (Lipinski definition) is 2. The van der Waals surface area contributed by atoms with E-state index in [2.05, 4.69) is 15.1 Å². The van der Waals surface area contributed by atoms with Gasteiger partial charge in [0.2, 0.25) is 5.96 Å². The number of fused-ring (bicyclic) bond motifs is 1. The third-order valence-corrected chi connectivity index (χ3v) is 2.60. The van der Waals surface area contributed by atoms with Gasteiger partial charge in [-0.3, -0.25) is 4.68 Å². The first-order chi connectivity index (χ1) is 8.47. The summed E-state index contributed by atoms with van der Waals surface area (Å²) < 4.78 is 1.82. The van der Waals surface area contributed by atoms with Gasteiger partial charge < -0.3 is 17.2 Å². The minimum Gasteiger partial charge on any atom is -0.370 e. The lowest BCUT2D eigenvalue weighted by Gasteiger charge is -1.97. The Balaban J connectivity index is 2.47. The van der Waals surface area contributed by atoms with Crippen LogP contribution in [-0.2, 0) is 7.05 Å². The van der Waals surface area contributed by atoms with E-state index in [1.807, 2.05) is 36.9 Å². The van der Waals surface area contributed by atoms with E-state index in [0.29, 0.717) is 5.69 Å². The van der Waals surface area contributed by atoms with E-state index in [1.54, 1.807) is 0 Å². The highest BCUT2D eigenvalue weighted by molar-refractivity contribution is 5.94. The molecule has 0 aliphatic rings. The number of aliphatic imine (C=N–C) groups is 2. The van der Waals surface area contributed by atoms with Crippen LogP contribution in [0.25, 0.3) is 10.9 Å². The van der Waals surface area contributed by atoms with Crippen molar-refractivity contribution in [2.45, 2.75) is 6.92 Å². The second kappa shape index (κ2) is 4.36. The summed E-state index contributed by atoms with van der Waals surface area (Å²) in [4.78, 5) is 7.77. The number of guanidine groups is 2. The average molecular weight is 245 g/mol. The summed E-state index contributed by atoms with van der Waals surface area (Å²) in [5.74, 6) is -0.0919. The van der Waals surface area contributed by atoms with Crippen LogP contribution in [0.4, 0.5) is 5.69 Å². The molecule has 94 valence electrons. The smallest absolute Gasteiger partial charge is 0.223 e. The van der Waals surface area contributed by atoms with E-state index in [4.69, 9.17) is 17.2 Å². The Labute approximate surface area is 104 Å². The fourth-order valence-corrected chi connectivity index (χ4v) is 1.67. The van der Waals surface area contributed by atoms with Gasteiger partial charge in [0.25, 0.3) is 0 Å². The van der Waals surface area contributed by atoms with Crippen LogP contribution >= 0.6 is 0 Å². The van der Waals surface area contributed by atoms with Crippen LogP contribution in [0.15, 0.2) is 28.2 Å². The van der Waals surface area contributed by atoms with Gasteiger partial charge in [0.15, 0.2) is 5.96 Å². The fraction of sp³-hybridized carbons (Fsp3) is 0.182. The lowest BCUT2D eigenvalue weighted by atomic mass is 10.2. The molecule has 0 fully saturated rings. The van der Waals surface area contributed by atoms with Gasteiger partial charge in [-0.25, -0.2) is 4.99 Å². The zero-order chi connectivity index (χ0) is 13.3. The van der Waals surface area contributed by atoms with Crippen molar-refractivity contribution in [2.75, 3.05) is 0 Å². The number of nitrogens with zero attached hydrogens (tertiary/aromatic N) is 4. The Morgan fingerprint density at radius 1 is 1.28 bits per heavy atom. The van der Waals surface area contributed by atoms with E-state index in [-0.39, 0.29) is 11.9 Å². The predicted molar refractivity (Wildman–Crippen MR) is 72.5 cm³/mol. The summed E-state index contributed by atoms with van der Waals surface area (Å²) in [5.41, 5.74) is 18.7. The first kappa shape index (κ1) is 11.9. The zero-order valence-electron chi connectivity index (χ0n) is 10.3. The summed E-state index contributed by atoms with van der Waals surface area (Å²) in [6.45, 7) is 1.99. The molecule has 0 saturated heterocycles. The van der Waals surface area contributed by atoms with Gasteiger partial charge in [-0.1, -0.05) is 0 Å². The standard InChI is InChI=1S/C11H15N7/c1-6-8-5-7(15-11(14)16-10(12)13)3-4-9(8)17-18(6)2/h3-5H,1-2H3,(H6,12,13,14,15,16). The molecule has 1 heterocycles. The average Bonchev–Trinajstić information content (AvgIpc) is 2.54. The summed E-state index contributed by atoms with van der Waals surface area (Å²) in [7, 11) is 1.89. The highest BCUT2D eigenvalue weighted by Gasteiger charge is 2.05. The quantitative estimate of drug-likeness (QED) is 0.487. The molecule has 1 aromatic heterocycles. The Morgan fingerprint density at radius 2 is 2.00 bits per heavy atom. The number of nitrogens with two attached hydrogens (primary N) is 3. The van der Waals surface area contributed by atoms with Crippen LogP contribution in [-0.4, -0.2) is 21.7 Å². The highest BCUT2D eigenvalue weighted by atomic mass is 15.3. The van der Waals surface area contributed by atoms with E-state index < -0.39 is 0 Å². The van der Waals surface area contributed by atoms with Gasteiger partial charge in [0.05, 0.1) is 11.2 Å². The number of rotatable bonds is 1. The molecule has 0 aliphatic carbocycles. The molecule has 0 unspecified atom stereocenters. The highest BCUT2D eigenvalue weighted by Crippen LogP contribution is 2.23. The van der Waals surface area contributed by atoms with Crippen molar-refractivity contribution in [2.24, 2.45) is 34.2 Å². The summed E-state index contributed by atoms with van der Waals surface area (Å²) in [6, 6.07) is 5.58. The van der Waals surface area contributed by atoms with Crippen molar-refractivity contribution >= 4 is 28.5 Å². The molecule has 7 nitrogen and oxygen atoms in total. The Bertz CT molecular complexity index is 647. The SMILES string of the molecule is Cc1c2cc(N=C(N)N=C(N)N)ccc2nn1C. The summed E-state index contributed by atoms with van der Waals surface area (Å²) in [6.07, 6.45) is 0. The predicted octanol–water partition coefficient (Wildman–Crippen LogP) is 0.101. The lowest BCUT2D eigenvalue weighted by molar-refractivity contribution is 0.751. The Morgan fingerprint density at radius 3 is 2.67 bits per heavy atom. The number of aryl methyl sites for hydroxylation is 2. The van der Waals surface area contributed by atoms with Crippen molar-refractivity contribution in [3.63, 3.8) is 0 Å². The van der Waals surface area contributed by atoms with Crippen molar-refractivity contribution in [3.8, 4) is 0 Å². The molecule has 0 aliphatic heterocycles. The first-order valence-corrected chi connectivity index (χ1v) is 5.34. The van der Waals surface area contributed by atoms with Crippen molar-refractivity contribution in [3.05, 3.63) is 23.9 Å². The molecule has 1 aromatic carbocycles. The second-order valence-corrected chi connectivity index (χ2v) is 3.92. The van der Waals surface area contributed by atoms with E-state index >= 15 is 0 Å². The van der Waals surface area contributed by atoms with Crippen LogP contribution in [0.1, 0.15) is 5.69 Å². The Kier molecular flexibility index (Phi) is 2.88. The van der Waals surface area contributed by atoms with Crippen LogP contribution in [0, 0.1) is 6.92 Å². The van der Waals surface area contributed by atoms with E-state index in [0.717, 1.165) is 16.6 Å². The molecule has 0 amide bonds. The van der Waals surface area contributed by atoms with Crippen LogP contribution < -0.4 is 17.2 Å². The van der Waals surface area contributed by atoms with Crippen molar-refractivity contribution in [1.29, 1.82) is 0 Å². The van der Waals surface area contributed by atoms with Gasteiger partial charge in [-0.05, 0) is 25.1 Å². The zero-order valence-corrected chi connectivity index (χ0v) is 10.3. The molecule has 0 saturated carbocycles. The van der Waals surface area contributed by atoms with Gasteiger partial charge in [0.1, 0.15) is 0 Å². The van der Waals surface area contributed by atoms with E-state index in [9.17, 15) is 0 Å². The number of benzene rings is 1. The molecule has 0 bridgehead atoms. The van der Waals surface area contributed by atoms with Gasteiger partial charge in [-0.2, -0.15) is 10.1 Å². The minimum absolute atomic E-state index is 0.0240. The molecule has 6 N–H and O–H groups in total. The third kappa shape index (κ3) is 2.24. The maximum absolute atomic E-state index is 5.58. The maximum Gasteiger partial charge on any atom is 0.223 e. The third-order valence-electron chi connectivity index (χ3n) is 2.60. The molecule has 2 rings (SSSR count). The van der Waals surface area contributed by atoms with Crippen LogP contribution in [0.2, 0.25) is 0 Å². The fourth-order valence-electron chi connectivity index (χ4n) is 1.67. The second-order valence-electron chi connectivity index (χ2n) is 3.92.